The van der Waals surface area contributed by atoms with E-state index in [4.69, 9.17) is 9.47 Å². The number of anilines is 1. The summed E-state index contributed by atoms with van der Waals surface area (Å²) in [7, 11) is 2.92. The van der Waals surface area contributed by atoms with Crippen LogP contribution < -0.4 is 5.32 Å². The molecule has 1 N–H and O–H groups in total. The van der Waals surface area contributed by atoms with Crippen LogP contribution in [0, 0.1) is 10.1 Å². The lowest BCUT2D eigenvalue weighted by Gasteiger charge is -2.33. The molecule has 0 aromatic heterocycles. The number of nitrogens with zero attached hydrogens (tertiary/aromatic N) is 1. The normalized spacial score (nSPS) is 18.8. The summed E-state index contributed by atoms with van der Waals surface area (Å²) < 4.78 is 9.86. The van der Waals surface area contributed by atoms with Crippen LogP contribution >= 0.6 is 0 Å². The van der Waals surface area contributed by atoms with E-state index in [1.807, 2.05) is 6.08 Å². The molecule has 7 nitrogen and oxygen atoms in total. The van der Waals surface area contributed by atoms with Gasteiger partial charge in [0, 0.05) is 25.8 Å². The fraction of sp³-hybridized carbons (Fsp3) is 0.500. The number of methoxy groups -OCH3 is 2. The molecule has 2 rings (SSSR count). The molecule has 1 aliphatic heterocycles. The highest BCUT2D eigenvalue weighted by molar-refractivity contribution is 5.92. The first-order valence-corrected chi connectivity index (χ1v) is 8.28. The van der Waals surface area contributed by atoms with Crippen molar-refractivity contribution in [1.82, 2.24) is 0 Å². The fourth-order valence-corrected chi connectivity index (χ4v) is 3.34. The smallest absolute Gasteiger partial charge is 0.338 e. The van der Waals surface area contributed by atoms with Crippen LogP contribution in [0.15, 0.2) is 24.8 Å². The SMILES string of the molecule is C=CC[C@H]1CC(CCCOC)c2cc(C(=O)OC)cc([N+](=O)[O-])c2N1. The second kappa shape index (κ2) is 8.62. The molecule has 0 saturated carbocycles. The lowest BCUT2D eigenvalue weighted by atomic mass is 9.82. The van der Waals surface area contributed by atoms with Gasteiger partial charge in [-0.3, -0.25) is 10.1 Å². The maximum absolute atomic E-state index is 11.9. The van der Waals surface area contributed by atoms with Gasteiger partial charge in [-0.05, 0) is 43.2 Å². The van der Waals surface area contributed by atoms with Gasteiger partial charge in [0.15, 0.2) is 0 Å². The molecule has 0 spiro atoms. The minimum absolute atomic E-state index is 0.0835. The van der Waals surface area contributed by atoms with Crippen LogP contribution in [0.3, 0.4) is 0 Å². The Hall–Kier alpha value is -2.41. The van der Waals surface area contributed by atoms with E-state index in [1.165, 1.54) is 13.2 Å². The van der Waals surface area contributed by atoms with Crippen LogP contribution in [0.25, 0.3) is 0 Å². The summed E-state index contributed by atoms with van der Waals surface area (Å²) in [5, 5.41) is 14.8. The Labute approximate surface area is 147 Å². The molecular formula is C18H24N2O5. The summed E-state index contributed by atoms with van der Waals surface area (Å²) in [6.45, 7) is 4.39. The van der Waals surface area contributed by atoms with Crippen molar-refractivity contribution in [2.75, 3.05) is 26.1 Å². The van der Waals surface area contributed by atoms with Crippen LogP contribution in [0.2, 0.25) is 0 Å². The third-order valence-electron chi connectivity index (χ3n) is 4.48. The molecule has 1 aromatic carbocycles. The third-order valence-corrected chi connectivity index (χ3v) is 4.48. The maximum atomic E-state index is 11.9. The number of fused-ring (bicyclic) bond motifs is 1. The fourth-order valence-electron chi connectivity index (χ4n) is 3.34. The number of hydrogen-bond acceptors (Lipinski definition) is 6. The van der Waals surface area contributed by atoms with Crippen molar-refractivity contribution in [3.05, 3.63) is 46.0 Å². The minimum atomic E-state index is -0.574. The van der Waals surface area contributed by atoms with Crippen LogP contribution in [0.5, 0.6) is 0 Å². The summed E-state index contributed by atoms with van der Waals surface area (Å²) in [5.74, 6) is -0.464. The zero-order valence-corrected chi connectivity index (χ0v) is 14.6. The first-order chi connectivity index (χ1) is 12.0. The Morgan fingerprint density at radius 1 is 1.48 bits per heavy atom. The quantitative estimate of drug-likeness (QED) is 0.253. The van der Waals surface area contributed by atoms with Gasteiger partial charge in [0.25, 0.3) is 5.69 Å². The number of nitro groups is 1. The second-order valence-corrected chi connectivity index (χ2v) is 6.14. The van der Waals surface area contributed by atoms with E-state index < -0.39 is 10.9 Å². The highest BCUT2D eigenvalue weighted by atomic mass is 16.6. The van der Waals surface area contributed by atoms with Crippen LogP contribution in [-0.2, 0) is 9.47 Å². The van der Waals surface area contributed by atoms with Crippen molar-refractivity contribution < 1.29 is 19.2 Å². The Kier molecular flexibility index (Phi) is 6.52. The zero-order valence-electron chi connectivity index (χ0n) is 14.6. The summed E-state index contributed by atoms with van der Waals surface area (Å²) in [4.78, 5) is 23.0. The van der Waals surface area contributed by atoms with E-state index in [2.05, 4.69) is 11.9 Å². The van der Waals surface area contributed by atoms with Crippen molar-refractivity contribution in [3.8, 4) is 0 Å². The van der Waals surface area contributed by atoms with Crippen LogP contribution in [-0.4, -0.2) is 37.8 Å². The molecule has 136 valence electrons. The standard InChI is InChI=1S/C18H24N2O5/c1-4-6-14-9-12(7-5-8-24-2)15-10-13(18(21)25-3)11-16(20(22)23)17(15)19-14/h4,10-12,14,19H,1,5-9H2,2-3H3/t12?,14-/m0/s1. The Bertz CT molecular complexity index is 659. The Balaban J connectivity index is 2.48. The van der Waals surface area contributed by atoms with Gasteiger partial charge in [-0.1, -0.05) is 6.08 Å². The van der Waals surface area contributed by atoms with E-state index in [0.717, 1.165) is 31.2 Å². The molecule has 1 aliphatic rings. The molecule has 0 amide bonds. The van der Waals surface area contributed by atoms with E-state index in [0.29, 0.717) is 12.3 Å². The van der Waals surface area contributed by atoms with Gasteiger partial charge in [-0.2, -0.15) is 0 Å². The minimum Gasteiger partial charge on any atom is -0.465 e. The van der Waals surface area contributed by atoms with E-state index in [9.17, 15) is 14.9 Å². The first-order valence-electron chi connectivity index (χ1n) is 8.28. The predicted octanol–water partition coefficient (Wildman–Crippen LogP) is 3.65. The summed E-state index contributed by atoms with van der Waals surface area (Å²) in [6.07, 6.45) is 5.03. The summed E-state index contributed by atoms with van der Waals surface area (Å²) in [5.41, 5.74) is 1.40. The van der Waals surface area contributed by atoms with E-state index in [-0.39, 0.29) is 23.2 Å². The van der Waals surface area contributed by atoms with Crippen molar-refractivity contribution in [2.24, 2.45) is 0 Å². The number of nitrogens with one attached hydrogen (secondary N) is 1. The number of hydrogen-bond donors (Lipinski definition) is 1. The maximum Gasteiger partial charge on any atom is 0.338 e. The summed E-state index contributed by atoms with van der Waals surface area (Å²) in [6, 6.07) is 3.07. The molecule has 7 heteroatoms. The van der Waals surface area contributed by atoms with Crippen molar-refractivity contribution in [2.45, 2.75) is 37.6 Å². The molecular weight excluding hydrogens is 324 g/mol. The summed E-state index contributed by atoms with van der Waals surface area (Å²) >= 11 is 0. The number of carbonyl (C=O) groups excluding carboxylic acids is 1. The zero-order chi connectivity index (χ0) is 18.4. The topological polar surface area (TPSA) is 90.7 Å². The average Bonchev–Trinajstić information content (AvgIpc) is 2.60. The molecule has 0 bridgehead atoms. The average molecular weight is 348 g/mol. The lowest BCUT2D eigenvalue weighted by molar-refractivity contribution is -0.384. The van der Waals surface area contributed by atoms with E-state index in [1.54, 1.807) is 13.2 Å². The van der Waals surface area contributed by atoms with Gasteiger partial charge in [-0.15, -0.1) is 6.58 Å². The van der Waals surface area contributed by atoms with Gasteiger partial charge in [-0.25, -0.2) is 4.79 Å². The predicted molar refractivity (Wildman–Crippen MR) is 95.1 cm³/mol. The van der Waals surface area contributed by atoms with Crippen molar-refractivity contribution in [1.29, 1.82) is 0 Å². The number of esters is 1. The molecule has 2 atom stereocenters. The van der Waals surface area contributed by atoms with Gasteiger partial charge >= 0.3 is 5.97 Å². The second-order valence-electron chi connectivity index (χ2n) is 6.14. The number of benzene rings is 1. The third kappa shape index (κ3) is 4.36. The highest BCUT2D eigenvalue weighted by Crippen LogP contribution is 2.43. The molecule has 25 heavy (non-hydrogen) atoms. The van der Waals surface area contributed by atoms with Crippen LogP contribution in [0.4, 0.5) is 11.4 Å². The number of rotatable bonds is 8. The molecule has 0 aliphatic carbocycles. The number of nitro benzene ring substituents is 1. The Morgan fingerprint density at radius 2 is 2.24 bits per heavy atom. The van der Waals surface area contributed by atoms with Crippen molar-refractivity contribution in [3.63, 3.8) is 0 Å². The molecule has 1 heterocycles. The number of carbonyl (C=O) groups is 1. The van der Waals surface area contributed by atoms with E-state index >= 15 is 0 Å². The molecule has 0 fully saturated rings. The highest BCUT2D eigenvalue weighted by Gasteiger charge is 2.32. The molecule has 1 aromatic rings. The van der Waals surface area contributed by atoms with Gasteiger partial charge in [0.1, 0.15) is 5.69 Å². The van der Waals surface area contributed by atoms with Gasteiger partial charge < -0.3 is 14.8 Å². The Morgan fingerprint density at radius 3 is 2.84 bits per heavy atom. The van der Waals surface area contributed by atoms with Crippen LogP contribution in [0.1, 0.15) is 47.5 Å². The van der Waals surface area contributed by atoms with Gasteiger partial charge in [0.2, 0.25) is 0 Å². The molecule has 0 radical (unpaired) electrons. The first kappa shape index (κ1) is 18.9. The largest absolute Gasteiger partial charge is 0.465 e. The molecule has 1 unspecified atom stereocenters. The lowest BCUT2D eigenvalue weighted by Crippen LogP contribution is -2.29. The van der Waals surface area contributed by atoms with Crippen molar-refractivity contribution >= 4 is 17.3 Å². The molecule has 0 saturated heterocycles. The van der Waals surface area contributed by atoms with Gasteiger partial charge in [0.05, 0.1) is 17.6 Å². The monoisotopic (exact) mass is 348 g/mol. The number of ether oxygens (including phenoxy) is 2.